The fourth-order valence-corrected chi connectivity index (χ4v) is 4.87. The summed E-state index contributed by atoms with van der Waals surface area (Å²) in [5, 5.41) is 11.7. The molecule has 2 aromatic carbocycles. The van der Waals surface area contributed by atoms with Gasteiger partial charge in [-0.05, 0) is 37.5 Å². The van der Waals surface area contributed by atoms with E-state index in [1.807, 2.05) is 0 Å². The number of benzene rings is 2. The van der Waals surface area contributed by atoms with E-state index < -0.39 is 62.1 Å². The first-order valence-electron chi connectivity index (χ1n) is 9.58. The summed E-state index contributed by atoms with van der Waals surface area (Å²) in [7, 11) is -4.46. The molecule has 0 spiro atoms. The molecule has 1 amide bonds. The Morgan fingerprint density at radius 3 is 2.31 bits per heavy atom. The van der Waals surface area contributed by atoms with Crippen molar-refractivity contribution in [2.24, 2.45) is 0 Å². The van der Waals surface area contributed by atoms with E-state index in [9.17, 15) is 40.3 Å². The Labute approximate surface area is 180 Å². The highest BCUT2D eigenvalue weighted by Crippen LogP contribution is 2.25. The minimum Gasteiger partial charge on any atom is -0.390 e. The van der Waals surface area contributed by atoms with Crippen LogP contribution in [-0.2, 0) is 10.0 Å². The lowest BCUT2D eigenvalue weighted by atomic mass is 10.1. The Morgan fingerprint density at radius 2 is 1.66 bits per heavy atom. The van der Waals surface area contributed by atoms with Crippen LogP contribution >= 0.6 is 0 Å². The Hall–Kier alpha value is -2.57. The third-order valence-electron chi connectivity index (χ3n) is 5.03. The third-order valence-corrected chi connectivity index (χ3v) is 6.95. The van der Waals surface area contributed by atoms with E-state index in [0.29, 0.717) is 12.1 Å². The van der Waals surface area contributed by atoms with E-state index in [1.54, 1.807) is 0 Å². The summed E-state index contributed by atoms with van der Waals surface area (Å²) in [5.74, 6) is -6.99. The lowest BCUT2D eigenvalue weighted by molar-refractivity contribution is 0.0525. The highest BCUT2D eigenvalue weighted by atomic mass is 32.2. The Morgan fingerprint density at radius 1 is 1.00 bits per heavy atom. The number of hydrogen-bond acceptors (Lipinski definition) is 4. The zero-order valence-corrected chi connectivity index (χ0v) is 17.3. The Bertz CT molecular complexity index is 1110. The maximum atomic E-state index is 14.4. The summed E-state index contributed by atoms with van der Waals surface area (Å²) >= 11 is 0. The van der Waals surface area contributed by atoms with E-state index in [4.69, 9.17) is 0 Å². The van der Waals surface area contributed by atoms with Crippen LogP contribution in [0.3, 0.4) is 0 Å². The van der Waals surface area contributed by atoms with Crippen molar-refractivity contribution >= 4 is 21.6 Å². The van der Waals surface area contributed by atoms with Crippen LogP contribution in [0, 0.1) is 23.3 Å². The zero-order chi connectivity index (χ0) is 23.6. The van der Waals surface area contributed by atoms with Gasteiger partial charge in [0.1, 0.15) is 16.9 Å². The molecule has 2 atom stereocenters. The monoisotopic (exact) mass is 478 g/mol. The van der Waals surface area contributed by atoms with Crippen molar-refractivity contribution in [3.8, 4) is 0 Å². The number of nitrogens with one attached hydrogen (secondary N) is 1. The standard InChI is InChI=1S/C20H19F5N2O4S/c21-13-5-7-27(6-1-2-17(13)28)32(30,31)18-8-11(3-4-14(18)22)20(29)26-12-9-15(23)19(25)16(24)10-12/h3-4,8-10,13,17,28H,1-2,5-7H2,(H,26,29). The number of aliphatic hydroxyl groups is 1. The lowest BCUT2D eigenvalue weighted by Gasteiger charge is -2.27. The second-order valence-electron chi connectivity index (χ2n) is 7.27. The van der Waals surface area contributed by atoms with Crippen molar-refractivity contribution in [2.45, 2.75) is 36.4 Å². The molecule has 0 aliphatic carbocycles. The summed E-state index contributed by atoms with van der Waals surface area (Å²) in [6.45, 7) is -0.388. The molecule has 174 valence electrons. The minimum absolute atomic E-state index is 0.0307. The molecule has 32 heavy (non-hydrogen) atoms. The fourth-order valence-electron chi connectivity index (χ4n) is 3.28. The molecule has 2 aromatic rings. The molecule has 1 heterocycles. The topological polar surface area (TPSA) is 86.7 Å². The van der Waals surface area contributed by atoms with Crippen LogP contribution < -0.4 is 5.32 Å². The van der Waals surface area contributed by atoms with Crippen LogP contribution in [0.25, 0.3) is 0 Å². The summed E-state index contributed by atoms with van der Waals surface area (Å²) in [4.78, 5) is 11.6. The fraction of sp³-hybridized carbons (Fsp3) is 0.350. The number of aliphatic hydroxyl groups excluding tert-OH is 1. The van der Waals surface area contributed by atoms with E-state index in [1.165, 1.54) is 0 Å². The van der Waals surface area contributed by atoms with Gasteiger partial charge in [-0.25, -0.2) is 30.4 Å². The van der Waals surface area contributed by atoms with Crippen LogP contribution in [0.2, 0.25) is 0 Å². The van der Waals surface area contributed by atoms with Gasteiger partial charge in [-0.2, -0.15) is 4.31 Å². The molecule has 0 bridgehead atoms. The molecule has 1 saturated heterocycles. The van der Waals surface area contributed by atoms with E-state index in [2.05, 4.69) is 5.32 Å². The number of rotatable bonds is 4. The van der Waals surface area contributed by atoms with Crippen LogP contribution in [0.15, 0.2) is 35.2 Å². The van der Waals surface area contributed by atoms with Crippen molar-refractivity contribution in [1.29, 1.82) is 0 Å². The number of amides is 1. The molecule has 6 nitrogen and oxygen atoms in total. The average Bonchev–Trinajstić information content (AvgIpc) is 2.72. The molecule has 0 aromatic heterocycles. The number of halogens is 5. The van der Waals surface area contributed by atoms with Crippen LogP contribution in [-0.4, -0.2) is 49.1 Å². The average molecular weight is 478 g/mol. The molecule has 1 fully saturated rings. The number of nitrogens with zero attached hydrogens (tertiary/aromatic N) is 1. The maximum absolute atomic E-state index is 14.4. The number of anilines is 1. The van der Waals surface area contributed by atoms with E-state index >= 15 is 0 Å². The smallest absolute Gasteiger partial charge is 0.255 e. The van der Waals surface area contributed by atoms with Crippen LogP contribution in [0.1, 0.15) is 29.6 Å². The number of sulfonamides is 1. The quantitative estimate of drug-likeness (QED) is 0.521. The molecule has 1 aliphatic heterocycles. The van der Waals surface area contributed by atoms with Gasteiger partial charge in [0.15, 0.2) is 17.5 Å². The number of hydrogen-bond donors (Lipinski definition) is 2. The summed E-state index contributed by atoms with van der Waals surface area (Å²) < 4.78 is 94.8. The Balaban J connectivity index is 1.86. The normalized spacial score (nSPS) is 20.4. The number of carbonyl (C=O) groups is 1. The highest BCUT2D eigenvalue weighted by Gasteiger charge is 2.32. The number of alkyl halides is 1. The van der Waals surface area contributed by atoms with Gasteiger partial charge >= 0.3 is 0 Å². The maximum Gasteiger partial charge on any atom is 0.255 e. The molecule has 12 heteroatoms. The van der Waals surface area contributed by atoms with Crippen LogP contribution in [0.5, 0.6) is 0 Å². The van der Waals surface area contributed by atoms with Gasteiger partial charge in [-0.1, -0.05) is 0 Å². The number of carbonyl (C=O) groups excluding carboxylic acids is 1. The largest absolute Gasteiger partial charge is 0.390 e. The molecular weight excluding hydrogens is 459 g/mol. The highest BCUT2D eigenvalue weighted by molar-refractivity contribution is 7.89. The van der Waals surface area contributed by atoms with Crippen molar-refractivity contribution in [3.05, 3.63) is 59.2 Å². The first-order chi connectivity index (χ1) is 15.0. The van der Waals surface area contributed by atoms with Gasteiger partial charge in [0, 0.05) is 36.5 Å². The SMILES string of the molecule is O=C(Nc1cc(F)c(F)c(F)c1)c1ccc(F)c(S(=O)(=O)N2CCCC(O)C(F)CC2)c1. The van der Waals surface area contributed by atoms with Crippen molar-refractivity contribution in [2.75, 3.05) is 18.4 Å². The molecule has 2 N–H and O–H groups in total. The van der Waals surface area contributed by atoms with Gasteiger partial charge in [0.05, 0.1) is 6.10 Å². The zero-order valence-electron chi connectivity index (χ0n) is 16.5. The molecule has 2 unspecified atom stereocenters. The molecule has 0 radical (unpaired) electrons. The second kappa shape index (κ2) is 9.51. The molecule has 0 saturated carbocycles. The van der Waals surface area contributed by atoms with Crippen molar-refractivity contribution in [1.82, 2.24) is 4.31 Å². The first kappa shape index (κ1) is 24.1. The summed E-state index contributed by atoms with van der Waals surface area (Å²) in [6.07, 6.45) is -2.95. The molecular formula is C20H19F5N2O4S. The summed E-state index contributed by atoms with van der Waals surface area (Å²) in [6, 6.07) is 3.50. The van der Waals surface area contributed by atoms with Gasteiger partial charge in [0.2, 0.25) is 10.0 Å². The predicted molar refractivity (Wildman–Crippen MR) is 104 cm³/mol. The van der Waals surface area contributed by atoms with Gasteiger partial charge in [-0.3, -0.25) is 4.79 Å². The molecule has 3 rings (SSSR count). The van der Waals surface area contributed by atoms with E-state index in [-0.39, 0.29) is 37.9 Å². The minimum atomic E-state index is -4.46. The lowest BCUT2D eigenvalue weighted by Crippen LogP contribution is -2.39. The van der Waals surface area contributed by atoms with E-state index in [0.717, 1.165) is 22.5 Å². The predicted octanol–water partition coefficient (Wildman–Crippen LogP) is 3.37. The van der Waals surface area contributed by atoms with Gasteiger partial charge in [0.25, 0.3) is 5.91 Å². The summed E-state index contributed by atoms with van der Waals surface area (Å²) in [5.41, 5.74) is -0.780. The van der Waals surface area contributed by atoms with Crippen molar-refractivity contribution < 1.29 is 40.3 Å². The first-order valence-corrected chi connectivity index (χ1v) is 11.0. The van der Waals surface area contributed by atoms with Crippen LogP contribution in [0.4, 0.5) is 27.6 Å². The Kier molecular flexibility index (Phi) is 7.16. The van der Waals surface area contributed by atoms with Gasteiger partial charge < -0.3 is 10.4 Å². The van der Waals surface area contributed by atoms with Gasteiger partial charge in [-0.15, -0.1) is 0 Å². The molecule has 1 aliphatic rings. The second-order valence-corrected chi connectivity index (χ2v) is 9.18. The third kappa shape index (κ3) is 5.08. The van der Waals surface area contributed by atoms with Crippen molar-refractivity contribution in [3.63, 3.8) is 0 Å².